The van der Waals surface area contributed by atoms with Crippen molar-refractivity contribution < 1.29 is 32.2 Å². The average Bonchev–Trinajstić information content (AvgIpc) is 3.21. The molecule has 2 atom stereocenters. The Morgan fingerprint density at radius 1 is 0.943 bits per heavy atom. The van der Waals surface area contributed by atoms with Gasteiger partial charge in [0.05, 0.1) is 31.7 Å². The molecule has 4 rings (SSSR count). The van der Waals surface area contributed by atoms with Gasteiger partial charge in [0, 0.05) is 17.8 Å². The van der Waals surface area contributed by atoms with Crippen LogP contribution in [0.25, 0.3) is 0 Å². The molecule has 35 heavy (non-hydrogen) atoms. The van der Waals surface area contributed by atoms with Crippen LogP contribution >= 0.6 is 0 Å². The van der Waals surface area contributed by atoms with Crippen molar-refractivity contribution in [2.45, 2.75) is 18.6 Å². The lowest BCUT2D eigenvalue weighted by molar-refractivity contribution is -0.137. The predicted octanol–water partition coefficient (Wildman–Crippen LogP) is 5.46. The lowest BCUT2D eigenvalue weighted by Crippen LogP contribution is -2.32. The van der Waals surface area contributed by atoms with Gasteiger partial charge in [-0.15, -0.1) is 0 Å². The fourth-order valence-corrected chi connectivity index (χ4v) is 4.21. The molecule has 1 saturated heterocycles. The predicted molar refractivity (Wildman–Crippen MR) is 124 cm³/mol. The molecule has 1 fully saturated rings. The number of hydrogen-bond donors (Lipinski definition) is 1. The number of carbonyl (C=O) groups is 2. The van der Waals surface area contributed by atoms with E-state index in [0.717, 1.165) is 12.1 Å². The monoisotopic (exact) mass is 484 g/mol. The number of ether oxygens (including phenoxy) is 2. The number of carbonyl (C=O) groups excluding carboxylic acids is 2. The van der Waals surface area contributed by atoms with Gasteiger partial charge in [0.2, 0.25) is 11.8 Å². The lowest BCUT2D eigenvalue weighted by Gasteiger charge is -2.28. The lowest BCUT2D eigenvalue weighted by atomic mass is 9.92. The number of methoxy groups -OCH3 is 2. The van der Waals surface area contributed by atoms with E-state index in [1.807, 2.05) is 0 Å². The van der Waals surface area contributed by atoms with Gasteiger partial charge in [-0.3, -0.25) is 9.59 Å². The fraction of sp³-hybridized carbons (Fsp3) is 0.231. The summed E-state index contributed by atoms with van der Waals surface area (Å²) in [5.74, 6) is -0.443. The van der Waals surface area contributed by atoms with Gasteiger partial charge in [0.15, 0.2) is 0 Å². The summed E-state index contributed by atoms with van der Waals surface area (Å²) >= 11 is 0. The summed E-state index contributed by atoms with van der Waals surface area (Å²) in [4.78, 5) is 28.0. The van der Waals surface area contributed by atoms with Gasteiger partial charge in [-0.1, -0.05) is 18.2 Å². The van der Waals surface area contributed by atoms with Crippen LogP contribution in [-0.4, -0.2) is 26.0 Å². The van der Waals surface area contributed by atoms with E-state index < -0.39 is 29.6 Å². The minimum absolute atomic E-state index is 0.00801. The molecule has 1 N–H and O–H groups in total. The second kappa shape index (κ2) is 9.69. The molecule has 3 aromatic rings. The molecule has 0 spiro atoms. The molecule has 6 nitrogen and oxygen atoms in total. The van der Waals surface area contributed by atoms with Gasteiger partial charge in [0.1, 0.15) is 11.5 Å². The maximum Gasteiger partial charge on any atom is 0.416 e. The first-order chi connectivity index (χ1) is 16.7. The maximum atomic E-state index is 13.3. The summed E-state index contributed by atoms with van der Waals surface area (Å²) in [5.41, 5.74) is 0.403. The molecule has 2 amide bonds. The zero-order valence-electron chi connectivity index (χ0n) is 19.0. The van der Waals surface area contributed by atoms with Crippen molar-refractivity contribution in [2.24, 2.45) is 5.92 Å². The molecule has 9 heteroatoms. The first-order valence-corrected chi connectivity index (χ1v) is 10.8. The van der Waals surface area contributed by atoms with E-state index >= 15 is 0 Å². The van der Waals surface area contributed by atoms with Crippen LogP contribution in [0.5, 0.6) is 11.5 Å². The zero-order valence-corrected chi connectivity index (χ0v) is 19.0. The van der Waals surface area contributed by atoms with E-state index in [4.69, 9.17) is 9.47 Å². The normalized spacial score (nSPS) is 17.9. The standard InChI is InChI=1S/C26H23F3N2O4/c1-34-20-10-6-16(7-11-20)24-22(15-23(32)31(24)19-8-12-21(35-2)13-9-19)25(33)30-18-5-3-4-17(14-18)26(27,28)29/h3-14,22,24H,15H2,1-2H3,(H,30,33)/t22-,24+/m0/s1. The zero-order chi connectivity index (χ0) is 25.2. The summed E-state index contributed by atoms with van der Waals surface area (Å²) in [6.07, 6.45) is -4.64. The number of benzene rings is 3. The molecular formula is C26H23F3N2O4. The van der Waals surface area contributed by atoms with Crippen molar-refractivity contribution >= 4 is 23.2 Å². The van der Waals surface area contributed by atoms with Crippen LogP contribution in [0.15, 0.2) is 72.8 Å². The van der Waals surface area contributed by atoms with E-state index in [1.165, 1.54) is 31.3 Å². The first-order valence-electron chi connectivity index (χ1n) is 10.8. The first kappa shape index (κ1) is 24.1. The highest BCUT2D eigenvalue weighted by Crippen LogP contribution is 2.43. The van der Waals surface area contributed by atoms with Crippen molar-refractivity contribution in [3.8, 4) is 11.5 Å². The van der Waals surface area contributed by atoms with Gasteiger partial charge in [-0.05, 0) is 60.2 Å². The highest BCUT2D eigenvalue weighted by Gasteiger charge is 2.45. The second-order valence-corrected chi connectivity index (χ2v) is 8.06. The van der Waals surface area contributed by atoms with Crippen molar-refractivity contribution in [3.63, 3.8) is 0 Å². The Balaban J connectivity index is 1.69. The van der Waals surface area contributed by atoms with Gasteiger partial charge in [-0.2, -0.15) is 13.2 Å². The van der Waals surface area contributed by atoms with Gasteiger partial charge < -0.3 is 19.7 Å². The molecule has 0 aliphatic carbocycles. The Hall–Kier alpha value is -4.01. The minimum Gasteiger partial charge on any atom is -0.497 e. The Labute approximate surface area is 200 Å². The Morgan fingerprint density at radius 2 is 1.54 bits per heavy atom. The van der Waals surface area contributed by atoms with Crippen LogP contribution < -0.4 is 19.7 Å². The minimum atomic E-state index is -4.54. The molecular weight excluding hydrogens is 461 g/mol. The number of nitrogens with zero attached hydrogens (tertiary/aromatic N) is 1. The smallest absolute Gasteiger partial charge is 0.416 e. The van der Waals surface area contributed by atoms with E-state index in [2.05, 4.69) is 5.32 Å². The number of halogens is 3. The van der Waals surface area contributed by atoms with Crippen LogP contribution in [-0.2, 0) is 15.8 Å². The molecule has 0 aromatic heterocycles. The topological polar surface area (TPSA) is 67.9 Å². The molecule has 1 heterocycles. The molecule has 1 aliphatic rings. The number of nitrogens with one attached hydrogen (secondary N) is 1. The summed E-state index contributed by atoms with van der Waals surface area (Å²) in [5, 5.41) is 2.57. The molecule has 1 aliphatic heterocycles. The number of hydrogen-bond acceptors (Lipinski definition) is 4. The van der Waals surface area contributed by atoms with E-state index in [0.29, 0.717) is 22.7 Å². The van der Waals surface area contributed by atoms with Crippen LogP contribution in [0, 0.1) is 5.92 Å². The molecule has 0 saturated carbocycles. The van der Waals surface area contributed by atoms with Gasteiger partial charge >= 0.3 is 6.18 Å². The Morgan fingerprint density at radius 3 is 2.11 bits per heavy atom. The Kier molecular flexibility index (Phi) is 6.68. The summed E-state index contributed by atoms with van der Waals surface area (Å²) in [7, 11) is 3.06. The summed E-state index contributed by atoms with van der Waals surface area (Å²) in [6.45, 7) is 0. The van der Waals surface area contributed by atoms with Crippen molar-refractivity contribution in [3.05, 3.63) is 83.9 Å². The van der Waals surface area contributed by atoms with E-state index in [9.17, 15) is 22.8 Å². The van der Waals surface area contributed by atoms with Crippen LogP contribution in [0.4, 0.5) is 24.5 Å². The molecule has 3 aromatic carbocycles. The van der Waals surface area contributed by atoms with Crippen LogP contribution in [0.1, 0.15) is 23.6 Å². The molecule has 182 valence electrons. The Bertz CT molecular complexity index is 1210. The SMILES string of the molecule is COc1ccc([C@@H]2[C@@H](C(=O)Nc3cccc(C(F)(F)F)c3)CC(=O)N2c2ccc(OC)cc2)cc1. The quantitative estimate of drug-likeness (QED) is 0.505. The van der Waals surface area contributed by atoms with E-state index in [-0.39, 0.29) is 18.0 Å². The number of amides is 2. The average molecular weight is 484 g/mol. The van der Waals surface area contributed by atoms with Gasteiger partial charge in [-0.25, -0.2) is 0 Å². The van der Waals surface area contributed by atoms with Crippen molar-refractivity contribution in [2.75, 3.05) is 24.4 Å². The second-order valence-electron chi connectivity index (χ2n) is 8.06. The summed E-state index contributed by atoms with van der Waals surface area (Å²) in [6, 6.07) is 17.6. The van der Waals surface area contributed by atoms with Gasteiger partial charge in [0.25, 0.3) is 0 Å². The third kappa shape index (κ3) is 5.08. The number of anilines is 2. The largest absolute Gasteiger partial charge is 0.497 e. The van der Waals surface area contributed by atoms with E-state index in [1.54, 1.807) is 48.5 Å². The molecule has 0 bridgehead atoms. The number of alkyl halides is 3. The highest BCUT2D eigenvalue weighted by molar-refractivity contribution is 6.04. The van der Waals surface area contributed by atoms with Crippen LogP contribution in [0.2, 0.25) is 0 Å². The third-order valence-electron chi connectivity index (χ3n) is 5.92. The fourth-order valence-electron chi connectivity index (χ4n) is 4.21. The molecule has 0 radical (unpaired) electrons. The maximum absolute atomic E-state index is 13.3. The molecule has 0 unspecified atom stereocenters. The number of rotatable bonds is 6. The highest BCUT2D eigenvalue weighted by atomic mass is 19.4. The third-order valence-corrected chi connectivity index (χ3v) is 5.92. The van der Waals surface area contributed by atoms with Crippen LogP contribution in [0.3, 0.4) is 0 Å². The van der Waals surface area contributed by atoms with Crippen molar-refractivity contribution in [1.29, 1.82) is 0 Å². The van der Waals surface area contributed by atoms with Crippen molar-refractivity contribution in [1.82, 2.24) is 0 Å². The summed E-state index contributed by atoms with van der Waals surface area (Å²) < 4.78 is 49.7.